The monoisotopic (exact) mass is 454 g/mol. The van der Waals surface area contributed by atoms with E-state index in [-0.39, 0.29) is 5.41 Å². The number of benzene rings is 1. The summed E-state index contributed by atoms with van der Waals surface area (Å²) in [4.78, 5) is 26.1. The molecule has 1 aromatic heterocycles. The molecule has 0 aliphatic heterocycles. The Morgan fingerprint density at radius 2 is 1.90 bits per heavy atom. The average molecular weight is 455 g/mol. The second-order valence-electron chi connectivity index (χ2n) is 8.21. The second-order valence-corrected chi connectivity index (χ2v) is 10.1. The van der Waals surface area contributed by atoms with Gasteiger partial charge in [0.2, 0.25) is 0 Å². The molecule has 1 heterocycles. The van der Waals surface area contributed by atoms with Gasteiger partial charge in [0.25, 0.3) is 0 Å². The summed E-state index contributed by atoms with van der Waals surface area (Å²) < 4.78 is 4.99. The fourth-order valence-corrected chi connectivity index (χ4v) is 5.18. The molecule has 0 fully saturated rings. The van der Waals surface area contributed by atoms with Crippen LogP contribution in [0.15, 0.2) is 18.2 Å². The Kier molecular flexibility index (Phi) is 6.46. The molecule has 0 saturated carbocycles. The van der Waals surface area contributed by atoms with Gasteiger partial charge in [0.15, 0.2) is 0 Å². The van der Waals surface area contributed by atoms with Crippen LogP contribution in [0.4, 0.5) is 15.5 Å². The van der Waals surface area contributed by atoms with Crippen molar-refractivity contribution >= 4 is 57.2 Å². The summed E-state index contributed by atoms with van der Waals surface area (Å²) in [5.41, 5.74) is 2.15. The highest BCUT2D eigenvalue weighted by molar-refractivity contribution is 7.17. The Morgan fingerprint density at radius 1 is 1.17 bits per heavy atom. The van der Waals surface area contributed by atoms with Crippen LogP contribution in [0.5, 0.6) is 0 Å². The molecule has 1 atom stereocenters. The van der Waals surface area contributed by atoms with Crippen LogP contribution in [-0.4, -0.2) is 19.1 Å². The van der Waals surface area contributed by atoms with E-state index in [1.54, 1.807) is 18.2 Å². The number of fused-ring (bicyclic) bond motifs is 1. The van der Waals surface area contributed by atoms with Crippen molar-refractivity contribution in [2.75, 3.05) is 17.7 Å². The minimum absolute atomic E-state index is 0.186. The molecule has 2 N–H and O–H groups in total. The Hall–Kier alpha value is -1.76. The number of methoxy groups -OCH3 is 1. The minimum Gasteiger partial charge on any atom is -0.465 e. The highest BCUT2D eigenvalue weighted by Crippen LogP contribution is 2.44. The zero-order chi connectivity index (χ0) is 21.3. The van der Waals surface area contributed by atoms with E-state index in [0.29, 0.717) is 32.2 Å². The van der Waals surface area contributed by atoms with Gasteiger partial charge in [-0.3, -0.25) is 5.32 Å². The lowest BCUT2D eigenvalue weighted by Crippen LogP contribution is -2.26. The SMILES string of the molecule is COC(=O)c1c(NC(=O)Nc2ccc(Cl)c(Cl)c2)sc2c1CC[C@H](C(C)(C)C)C2. The van der Waals surface area contributed by atoms with Crippen LogP contribution >= 0.6 is 34.5 Å². The van der Waals surface area contributed by atoms with E-state index in [0.717, 1.165) is 29.7 Å². The first kappa shape index (κ1) is 21.9. The Balaban J connectivity index is 1.84. The van der Waals surface area contributed by atoms with E-state index in [9.17, 15) is 9.59 Å². The quantitative estimate of drug-likeness (QED) is 0.510. The molecule has 2 amide bonds. The largest absolute Gasteiger partial charge is 0.465 e. The molecule has 1 aliphatic rings. The number of hydrogen-bond donors (Lipinski definition) is 2. The topological polar surface area (TPSA) is 67.4 Å². The van der Waals surface area contributed by atoms with Crippen molar-refractivity contribution in [3.05, 3.63) is 44.2 Å². The number of carbonyl (C=O) groups is 2. The standard InChI is InChI=1S/C21H24Cl2N2O3S/c1-21(2,3)11-5-7-13-16(9-11)29-18(17(13)19(26)28-4)25-20(27)24-12-6-8-14(22)15(23)10-12/h6,8,10-11H,5,7,9H2,1-4H3,(H2,24,25,27)/t11-/m0/s1. The number of nitrogens with one attached hydrogen (secondary N) is 2. The van der Waals surface area contributed by atoms with Crippen LogP contribution < -0.4 is 10.6 Å². The van der Waals surface area contributed by atoms with Gasteiger partial charge in [-0.05, 0) is 54.4 Å². The van der Waals surface area contributed by atoms with E-state index >= 15 is 0 Å². The number of ether oxygens (including phenoxy) is 1. The van der Waals surface area contributed by atoms with Crippen LogP contribution in [-0.2, 0) is 17.6 Å². The zero-order valence-electron chi connectivity index (χ0n) is 16.8. The Labute approximate surface area is 184 Å². The van der Waals surface area contributed by atoms with Crippen molar-refractivity contribution in [3.63, 3.8) is 0 Å². The Bertz CT molecular complexity index is 950. The van der Waals surface area contributed by atoms with Crippen molar-refractivity contribution in [2.24, 2.45) is 11.3 Å². The maximum absolute atomic E-state index is 12.5. The third kappa shape index (κ3) is 4.87. The normalized spacial score (nSPS) is 16.1. The van der Waals surface area contributed by atoms with E-state index in [1.807, 2.05) is 0 Å². The second kappa shape index (κ2) is 8.54. The molecule has 0 radical (unpaired) electrons. The summed E-state index contributed by atoms with van der Waals surface area (Å²) >= 11 is 13.4. The van der Waals surface area contributed by atoms with Gasteiger partial charge in [0.05, 0.1) is 22.7 Å². The summed E-state index contributed by atoms with van der Waals surface area (Å²) in [6, 6.07) is 4.37. The molecule has 3 rings (SSSR count). The number of hydrogen-bond acceptors (Lipinski definition) is 4. The highest BCUT2D eigenvalue weighted by Gasteiger charge is 2.34. The fourth-order valence-electron chi connectivity index (χ4n) is 3.57. The van der Waals surface area contributed by atoms with Crippen molar-refractivity contribution < 1.29 is 14.3 Å². The molecule has 5 nitrogen and oxygen atoms in total. The Morgan fingerprint density at radius 3 is 2.52 bits per heavy atom. The van der Waals surface area contributed by atoms with Crippen LogP contribution in [0.3, 0.4) is 0 Å². The fraction of sp³-hybridized carbons (Fsp3) is 0.429. The first-order valence-electron chi connectivity index (χ1n) is 9.36. The summed E-state index contributed by atoms with van der Waals surface area (Å²) in [5, 5.41) is 6.79. The van der Waals surface area contributed by atoms with Gasteiger partial charge in [0, 0.05) is 10.6 Å². The van der Waals surface area contributed by atoms with Gasteiger partial charge in [-0.25, -0.2) is 9.59 Å². The summed E-state index contributed by atoms with van der Waals surface area (Å²) in [7, 11) is 1.35. The molecule has 2 aromatic rings. The predicted molar refractivity (Wildman–Crippen MR) is 120 cm³/mol. The van der Waals surface area contributed by atoms with E-state index < -0.39 is 12.0 Å². The molecular formula is C21H24Cl2N2O3S. The van der Waals surface area contributed by atoms with Gasteiger partial charge >= 0.3 is 12.0 Å². The lowest BCUT2D eigenvalue weighted by molar-refractivity contribution is 0.0600. The van der Waals surface area contributed by atoms with Crippen molar-refractivity contribution in [1.82, 2.24) is 0 Å². The first-order valence-corrected chi connectivity index (χ1v) is 10.9. The van der Waals surface area contributed by atoms with Crippen molar-refractivity contribution in [3.8, 4) is 0 Å². The van der Waals surface area contributed by atoms with Crippen LogP contribution in [0, 0.1) is 11.3 Å². The summed E-state index contributed by atoms with van der Waals surface area (Å²) in [5.74, 6) is 0.0959. The molecule has 0 unspecified atom stereocenters. The number of thiophene rings is 1. The lowest BCUT2D eigenvalue weighted by Gasteiger charge is -2.33. The number of halogens is 2. The molecule has 156 valence electrons. The van der Waals surface area contributed by atoms with E-state index in [4.69, 9.17) is 27.9 Å². The number of esters is 1. The zero-order valence-corrected chi connectivity index (χ0v) is 19.1. The third-order valence-electron chi connectivity index (χ3n) is 5.28. The molecule has 0 bridgehead atoms. The van der Waals surface area contributed by atoms with Gasteiger partial charge in [-0.15, -0.1) is 11.3 Å². The van der Waals surface area contributed by atoms with Crippen molar-refractivity contribution in [2.45, 2.75) is 40.0 Å². The molecular weight excluding hydrogens is 431 g/mol. The van der Waals surface area contributed by atoms with E-state index in [1.165, 1.54) is 18.4 Å². The van der Waals surface area contributed by atoms with Crippen LogP contribution in [0.25, 0.3) is 0 Å². The number of carbonyl (C=O) groups excluding carboxylic acids is 2. The molecule has 8 heteroatoms. The number of urea groups is 1. The number of amides is 2. The van der Waals surface area contributed by atoms with Gasteiger partial charge in [-0.1, -0.05) is 44.0 Å². The predicted octanol–water partition coefficient (Wildman–Crippen LogP) is 6.64. The molecule has 0 saturated heterocycles. The van der Waals surface area contributed by atoms with Crippen molar-refractivity contribution in [1.29, 1.82) is 0 Å². The molecule has 0 spiro atoms. The molecule has 29 heavy (non-hydrogen) atoms. The average Bonchev–Trinajstić information content (AvgIpc) is 3.00. The minimum atomic E-state index is -0.459. The van der Waals surface area contributed by atoms with Crippen LogP contribution in [0.2, 0.25) is 10.0 Å². The van der Waals surface area contributed by atoms with Gasteiger partial charge in [-0.2, -0.15) is 0 Å². The maximum atomic E-state index is 12.5. The first-order chi connectivity index (χ1) is 13.6. The van der Waals surface area contributed by atoms with E-state index in [2.05, 4.69) is 31.4 Å². The third-order valence-corrected chi connectivity index (χ3v) is 7.19. The van der Waals surface area contributed by atoms with Gasteiger partial charge in [0.1, 0.15) is 5.00 Å². The summed E-state index contributed by atoms with van der Waals surface area (Å²) in [6.07, 6.45) is 2.70. The van der Waals surface area contributed by atoms with Gasteiger partial charge < -0.3 is 10.1 Å². The summed E-state index contributed by atoms with van der Waals surface area (Å²) in [6.45, 7) is 6.71. The molecule has 1 aromatic carbocycles. The highest BCUT2D eigenvalue weighted by atomic mass is 35.5. The molecule has 1 aliphatic carbocycles. The lowest BCUT2D eigenvalue weighted by atomic mass is 9.72. The van der Waals surface area contributed by atoms with Crippen LogP contribution in [0.1, 0.15) is 48.0 Å². The number of anilines is 2. The number of rotatable bonds is 3. The smallest absolute Gasteiger partial charge is 0.341 e. The maximum Gasteiger partial charge on any atom is 0.341 e.